The Balaban J connectivity index is 2.45. The number of nitrogens with two attached hydrogens (primary N) is 1. The average Bonchev–Trinajstić information content (AvgIpc) is 2.37. The van der Waals surface area contributed by atoms with Crippen molar-refractivity contribution in [3.05, 3.63) is 35.9 Å². The van der Waals surface area contributed by atoms with E-state index in [1.165, 1.54) is 0 Å². The van der Waals surface area contributed by atoms with Crippen LogP contribution >= 0.6 is 0 Å². The largest absolute Gasteiger partial charge is 0.481 e. The standard InChI is InChI=1S/C13H16N2O2/c1-17-13-10(7-11(16)8-14)6-9-4-2-3-5-12(9)15-13/h2-6,11,16H,7-8,14H2,1H3. The van der Waals surface area contributed by atoms with Crippen LogP contribution in [-0.2, 0) is 6.42 Å². The van der Waals surface area contributed by atoms with E-state index in [-0.39, 0.29) is 6.54 Å². The van der Waals surface area contributed by atoms with Gasteiger partial charge in [-0.15, -0.1) is 0 Å². The topological polar surface area (TPSA) is 68.4 Å². The SMILES string of the molecule is COc1nc2ccccc2cc1CC(O)CN. The molecule has 4 heteroatoms. The number of ether oxygens (including phenoxy) is 1. The molecule has 1 heterocycles. The molecule has 3 N–H and O–H groups in total. The van der Waals surface area contributed by atoms with E-state index in [1.807, 2.05) is 30.3 Å². The Morgan fingerprint density at radius 1 is 1.41 bits per heavy atom. The van der Waals surface area contributed by atoms with Gasteiger partial charge in [-0.1, -0.05) is 18.2 Å². The second-order valence-electron chi connectivity index (χ2n) is 3.94. The Morgan fingerprint density at radius 3 is 2.88 bits per heavy atom. The van der Waals surface area contributed by atoms with Gasteiger partial charge >= 0.3 is 0 Å². The van der Waals surface area contributed by atoms with Crippen molar-refractivity contribution in [2.24, 2.45) is 5.73 Å². The molecule has 0 aliphatic heterocycles. The van der Waals surface area contributed by atoms with E-state index >= 15 is 0 Å². The highest BCUT2D eigenvalue weighted by molar-refractivity contribution is 5.80. The third-order valence-electron chi connectivity index (χ3n) is 2.68. The number of methoxy groups -OCH3 is 1. The van der Waals surface area contributed by atoms with Gasteiger partial charge in [0.1, 0.15) is 0 Å². The van der Waals surface area contributed by atoms with Crippen molar-refractivity contribution in [2.45, 2.75) is 12.5 Å². The fourth-order valence-electron chi connectivity index (χ4n) is 1.80. The molecule has 90 valence electrons. The first kappa shape index (κ1) is 11.8. The van der Waals surface area contributed by atoms with Crippen molar-refractivity contribution in [3.8, 4) is 5.88 Å². The summed E-state index contributed by atoms with van der Waals surface area (Å²) in [5.41, 5.74) is 7.18. The highest BCUT2D eigenvalue weighted by Gasteiger charge is 2.11. The van der Waals surface area contributed by atoms with Crippen LogP contribution in [0.25, 0.3) is 10.9 Å². The molecule has 0 radical (unpaired) electrons. The van der Waals surface area contributed by atoms with Crippen LogP contribution in [0, 0.1) is 0 Å². The van der Waals surface area contributed by atoms with Crippen LogP contribution in [0.3, 0.4) is 0 Å². The Bertz CT molecular complexity index is 514. The minimum Gasteiger partial charge on any atom is -0.481 e. The molecule has 0 bridgehead atoms. The van der Waals surface area contributed by atoms with E-state index in [0.29, 0.717) is 12.3 Å². The van der Waals surface area contributed by atoms with Gasteiger partial charge in [-0.3, -0.25) is 0 Å². The number of benzene rings is 1. The van der Waals surface area contributed by atoms with Gasteiger partial charge in [0.15, 0.2) is 0 Å². The Hall–Kier alpha value is -1.65. The summed E-state index contributed by atoms with van der Waals surface area (Å²) in [7, 11) is 1.58. The van der Waals surface area contributed by atoms with Crippen LogP contribution in [0.4, 0.5) is 0 Å². The maximum atomic E-state index is 9.60. The number of pyridine rings is 1. The Labute approximate surface area is 100 Å². The van der Waals surface area contributed by atoms with Gasteiger partial charge in [0.25, 0.3) is 0 Å². The third kappa shape index (κ3) is 2.54. The molecule has 0 aliphatic rings. The second kappa shape index (κ2) is 5.12. The molecular weight excluding hydrogens is 216 g/mol. The molecular formula is C13H16N2O2. The molecule has 0 amide bonds. The summed E-state index contributed by atoms with van der Waals surface area (Å²) in [6, 6.07) is 9.80. The zero-order chi connectivity index (χ0) is 12.3. The van der Waals surface area contributed by atoms with Crippen molar-refractivity contribution in [1.82, 2.24) is 4.98 Å². The normalized spacial score (nSPS) is 12.6. The summed E-state index contributed by atoms with van der Waals surface area (Å²) in [5.74, 6) is 0.552. The lowest BCUT2D eigenvalue weighted by Gasteiger charge is -2.12. The molecule has 1 aromatic carbocycles. The zero-order valence-corrected chi connectivity index (χ0v) is 9.76. The molecule has 0 saturated carbocycles. The molecule has 0 spiro atoms. The van der Waals surface area contributed by atoms with Gasteiger partial charge in [0.2, 0.25) is 5.88 Å². The highest BCUT2D eigenvalue weighted by atomic mass is 16.5. The van der Waals surface area contributed by atoms with Crippen LogP contribution in [0.2, 0.25) is 0 Å². The predicted molar refractivity (Wildman–Crippen MR) is 67.1 cm³/mol. The monoisotopic (exact) mass is 232 g/mol. The average molecular weight is 232 g/mol. The predicted octanol–water partition coefficient (Wildman–Crippen LogP) is 1.11. The smallest absolute Gasteiger partial charge is 0.216 e. The van der Waals surface area contributed by atoms with Crippen molar-refractivity contribution in [3.63, 3.8) is 0 Å². The van der Waals surface area contributed by atoms with Crippen molar-refractivity contribution < 1.29 is 9.84 Å². The first-order chi connectivity index (χ1) is 8.24. The van der Waals surface area contributed by atoms with Gasteiger partial charge in [-0.25, -0.2) is 4.98 Å². The summed E-state index contributed by atoms with van der Waals surface area (Å²) in [4.78, 5) is 4.41. The molecule has 0 aliphatic carbocycles. The molecule has 4 nitrogen and oxygen atoms in total. The third-order valence-corrected chi connectivity index (χ3v) is 2.68. The van der Waals surface area contributed by atoms with E-state index in [0.717, 1.165) is 16.5 Å². The maximum Gasteiger partial charge on any atom is 0.216 e. The Morgan fingerprint density at radius 2 is 2.18 bits per heavy atom. The van der Waals surface area contributed by atoms with Gasteiger partial charge in [-0.05, 0) is 12.1 Å². The first-order valence-electron chi connectivity index (χ1n) is 5.55. The number of fused-ring (bicyclic) bond motifs is 1. The number of aliphatic hydroxyl groups excluding tert-OH is 1. The molecule has 1 aromatic heterocycles. The van der Waals surface area contributed by atoms with Crippen molar-refractivity contribution in [2.75, 3.05) is 13.7 Å². The molecule has 1 unspecified atom stereocenters. The van der Waals surface area contributed by atoms with Gasteiger partial charge in [-0.2, -0.15) is 0 Å². The number of hydrogen-bond donors (Lipinski definition) is 2. The summed E-state index contributed by atoms with van der Waals surface area (Å²) in [5, 5.41) is 10.6. The van der Waals surface area contributed by atoms with Crippen LogP contribution in [0.15, 0.2) is 30.3 Å². The number of aromatic nitrogens is 1. The quantitative estimate of drug-likeness (QED) is 0.828. The van der Waals surface area contributed by atoms with Crippen LogP contribution in [-0.4, -0.2) is 29.8 Å². The number of nitrogens with zero attached hydrogens (tertiary/aromatic N) is 1. The molecule has 17 heavy (non-hydrogen) atoms. The summed E-state index contributed by atoms with van der Waals surface area (Å²) < 4.78 is 5.24. The van der Waals surface area contributed by atoms with Gasteiger partial charge < -0.3 is 15.6 Å². The second-order valence-corrected chi connectivity index (χ2v) is 3.94. The molecule has 0 fully saturated rings. The zero-order valence-electron chi connectivity index (χ0n) is 9.76. The lowest BCUT2D eigenvalue weighted by Crippen LogP contribution is -2.22. The molecule has 2 aromatic rings. The van der Waals surface area contributed by atoms with E-state index in [4.69, 9.17) is 10.5 Å². The van der Waals surface area contributed by atoms with Gasteiger partial charge in [0.05, 0.1) is 18.7 Å². The minimum absolute atomic E-state index is 0.232. The summed E-state index contributed by atoms with van der Waals surface area (Å²) in [6.45, 7) is 0.232. The van der Waals surface area contributed by atoms with Crippen LogP contribution < -0.4 is 10.5 Å². The fourth-order valence-corrected chi connectivity index (χ4v) is 1.80. The number of rotatable bonds is 4. The van der Waals surface area contributed by atoms with Crippen LogP contribution in [0.5, 0.6) is 5.88 Å². The summed E-state index contributed by atoms with van der Waals surface area (Å²) >= 11 is 0. The number of aliphatic hydroxyl groups is 1. The van der Waals surface area contributed by atoms with E-state index < -0.39 is 6.10 Å². The lowest BCUT2D eigenvalue weighted by atomic mass is 10.1. The fraction of sp³-hybridized carbons (Fsp3) is 0.308. The van der Waals surface area contributed by atoms with Crippen molar-refractivity contribution >= 4 is 10.9 Å². The van der Waals surface area contributed by atoms with E-state index in [1.54, 1.807) is 7.11 Å². The van der Waals surface area contributed by atoms with Crippen LogP contribution in [0.1, 0.15) is 5.56 Å². The highest BCUT2D eigenvalue weighted by Crippen LogP contribution is 2.23. The van der Waals surface area contributed by atoms with Crippen molar-refractivity contribution in [1.29, 1.82) is 0 Å². The first-order valence-corrected chi connectivity index (χ1v) is 5.55. The maximum absolute atomic E-state index is 9.60. The molecule has 1 atom stereocenters. The molecule has 0 saturated heterocycles. The lowest BCUT2D eigenvalue weighted by molar-refractivity contribution is 0.182. The molecule has 2 rings (SSSR count). The van der Waals surface area contributed by atoms with E-state index in [9.17, 15) is 5.11 Å². The number of hydrogen-bond acceptors (Lipinski definition) is 4. The number of para-hydroxylation sites is 1. The minimum atomic E-state index is -0.563. The summed E-state index contributed by atoms with van der Waals surface area (Å²) in [6.07, 6.45) is -0.107. The van der Waals surface area contributed by atoms with Gasteiger partial charge in [0, 0.05) is 23.9 Å². The Kier molecular flexibility index (Phi) is 3.56. The van der Waals surface area contributed by atoms with E-state index in [2.05, 4.69) is 4.98 Å².